The molecule has 16 heavy (non-hydrogen) atoms. The summed E-state index contributed by atoms with van der Waals surface area (Å²) in [5.41, 5.74) is 8.41. The van der Waals surface area contributed by atoms with Crippen molar-refractivity contribution in [3.8, 4) is 0 Å². The lowest BCUT2D eigenvalue weighted by Crippen LogP contribution is -2.21. The summed E-state index contributed by atoms with van der Waals surface area (Å²) < 4.78 is 0. The third kappa shape index (κ3) is 2.85. The normalized spacial score (nSPS) is 19.9. The summed E-state index contributed by atoms with van der Waals surface area (Å²) in [7, 11) is 0. The molecule has 3 N–H and O–H groups in total. The summed E-state index contributed by atoms with van der Waals surface area (Å²) in [6.07, 6.45) is 8.69. The average molecular weight is 221 g/mol. The third-order valence-corrected chi connectivity index (χ3v) is 3.68. The van der Waals surface area contributed by atoms with Crippen LogP contribution in [0.1, 0.15) is 62.8 Å². The second-order valence-corrected chi connectivity index (χ2v) is 5.03. The van der Waals surface area contributed by atoms with E-state index in [4.69, 9.17) is 5.73 Å². The predicted octanol–water partition coefficient (Wildman–Crippen LogP) is 2.74. The number of nitrogens with two attached hydrogens (primary N) is 1. The summed E-state index contributed by atoms with van der Waals surface area (Å²) in [6, 6.07) is 2.49. The third-order valence-electron chi connectivity index (χ3n) is 3.68. The van der Waals surface area contributed by atoms with Gasteiger partial charge < -0.3 is 5.73 Å². The molecule has 0 spiro atoms. The molecule has 90 valence electrons. The van der Waals surface area contributed by atoms with Crippen LogP contribution in [0.5, 0.6) is 0 Å². The average Bonchev–Trinajstić information content (AvgIpc) is 2.78. The molecule has 1 unspecified atom stereocenters. The van der Waals surface area contributed by atoms with Crippen LogP contribution in [-0.2, 0) is 6.42 Å². The first-order valence-corrected chi connectivity index (χ1v) is 6.59. The van der Waals surface area contributed by atoms with Crippen LogP contribution in [0.4, 0.5) is 0 Å². The number of nitrogens with one attached hydrogen (secondary N) is 1. The van der Waals surface area contributed by atoms with Gasteiger partial charge in [-0.2, -0.15) is 5.10 Å². The topological polar surface area (TPSA) is 54.7 Å². The Kier molecular flexibility index (Phi) is 3.99. The van der Waals surface area contributed by atoms with Gasteiger partial charge in [0.05, 0.1) is 5.69 Å². The van der Waals surface area contributed by atoms with E-state index in [1.807, 2.05) is 0 Å². The molecule has 2 rings (SSSR count). The Morgan fingerprint density at radius 2 is 2.19 bits per heavy atom. The quantitative estimate of drug-likeness (QED) is 0.821. The Labute approximate surface area is 97.8 Å². The van der Waals surface area contributed by atoms with E-state index in [0.29, 0.717) is 5.92 Å². The Morgan fingerprint density at radius 3 is 2.88 bits per heavy atom. The molecule has 0 aromatic carbocycles. The van der Waals surface area contributed by atoms with E-state index in [0.717, 1.165) is 12.8 Å². The minimum atomic E-state index is 0.264. The molecular weight excluding hydrogens is 198 g/mol. The van der Waals surface area contributed by atoms with Gasteiger partial charge >= 0.3 is 0 Å². The van der Waals surface area contributed by atoms with Crippen molar-refractivity contribution in [3.05, 3.63) is 17.5 Å². The number of rotatable bonds is 4. The predicted molar refractivity (Wildman–Crippen MR) is 66.4 cm³/mol. The highest BCUT2D eigenvalue weighted by atomic mass is 15.1. The molecule has 0 amide bonds. The smallest absolute Gasteiger partial charge is 0.0655 e. The van der Waals surface area contributed by atoms with E-state index < -0.39 is 0 Å². The van der Waals surface area contributed by atoms with Crippen molar-refractivity contribution < 1.29 is 0 Å². The van der Waals surface area contributed by atoms with E-state index in [-0.39, 0.29) is 6.04 Å². The van der Waals surface area contributed by atoms with Crippen molar-refractivity contribution in [2.24, 2.45) is 5.73 Å². The second kappa shape index (κ2) is 5.48. The zero-order valence-corrected chi connectivity index (χ0v) is 10.2. The summed E-state index contributed by atoms with van der Waals surface area (Å²) in [5.74, 6) is 0.691. The fourth-order valence-electron chi connectivity index (χ4n) is 2.52. The first-order chi connectivity index (χ1) is 7.79. The fraction of sp³-hybridized carbons (Fsp3) is 0.769. The molecule has 1 aromatic rings. The lowest BCUT2D eigenvalue weighted by molar-refractivity contribution is 0.436. The lowest BCUT2D eigenvalue weighted by atomic mass is 9.87. The molecule has 1 aliphatic rings. The summed E-state index contributed by atoms with van der Waals surface area (Å²) in [4.78, 5) is 0. The summed E-state index contributed by atoms with van der Waals surface area (Å²) in [6.45, 7) is 2.13. The molecule has 1 aliphatic carbocycles. The molecule has 1 saturated carbocycles. The van der Waals surface area contributed by atoms with Gasteiger partial charge in [-0.05, 0) is 25.3 Å². The Morgan fingerprint density at radius 1 is 1.44 bits per heavy atom. The van der Waals surface area contributed by atoms with E-state index in [1.54, 1.807) is 0 Å². The van der Waals surface area contributed by atoms with Gasteiger partial charge in [-0.15, -0.1) is 0 Å². The van der Waals surface area contributed by atoms with Crippen molar-refractivity contribution in [2.45, 2.75) is 63.8 Å². The molecular formula is C13H23N3. The van der Waals surface area contributed by atoms with Gasteiger partial charge in [0.2, 0.25) is 0 Å². The molecule has 3 heteroatoms. The van der Waals surface area contributed by atoms with E-state index >= 15 is 0 Å². The van der Waals surface area contributed by atoms with Crippen molar-refractivity contribution in [2.75, 3.05) is 0 Å². The molecule has 3 nitrogen and oxygen atoms in total. The van der Waals surface area contributed by atoms with Crippen LogP contribution in [0.25, 0.3) is 0 Å². The molecule has 0 aliphatic heterocycles. The molecule has 1 fully saturated rings. The van der Waals surface area contributed by atoms with Crippen LogP contribution < -0.4 is 5.73 Å². The zero-order valence-electron chi connectivity index (χ0n) is 10.2. The molecule has 0 saturated heterocycles. The van der Waals surface area contributed by atoms with Gasteiger partial charge in [-0.3, -0.25) is 5.10 Å². The molecule has 0 radical (unpaired) electrons. The van der Waals surface area contributed by atoms with Gasteiger partial charge in [-0.25, -0.2) is 0 Å². The van der Waals surface area contributed by atoms with E-state index in [9.17, 15) is 0 Å². The minimum absolute atomic E-state index is 0.264. The minimum Gasteiger partial charge on any atom is -0.327 e. The van der Waals surface area contributed by atoms with Crippen LogP contribution in [0.2, 0.25) is 0 Å². The molecule has 0 bridgehead atoms. The van der Waals surface area contributed by atoms with E-state index in [1.165, 1.54) is 43.5 Å². The molecule has 1 heterocycles. The second-order valence-electron chi connectivity index (χ2n) is 5.03. The highest BCUT2D eigenvalue weighted by Crippen LogP contribution is 2.31. The number of hydrogen-bond acceptors (Lipinski definition) is 2. The molecule has 1 aromatic heterocycles. The summed E-state index contributed by atoms with van der Waals surface area (Å²) >= 11 is 0. The van der Waals surface area contributed by atoms with Crippen molar-refractivity contribution in [1.82, 2.24) is 10.2 Å². The van der Waals surface area contributed by atoms with Crippen molar-refractivity contribution in [1.29, 1.82) is 0 Å². The van der Waals surface area contributed by atoms with Crippen LogP contribution in [0.15, 0.2) is 6.07 Å². The first-order valence-electron chi connectivity index (χ1n) is 6.59. The molecule has 1 atom stereocenters. The van der Waals surface area contributed by atoms with Crippen LogP contribution in [-0.4, -0.2) is 16.2 Å². The SMILES string of the molecule is CCC(N)Cc1cc(C2CCCCC2)n[nH]1. The highest BCUT2D eigenvalue weighted by molar-refractivity contribution is 5.14. The van der Waals surface area contributed by atoms with Crippen LogP contribution >= 0.6 is 0 Å². The largest absolute Gasteiger partial charge is 0.327 e. The highest BCUT2D eigenvalue weighted by Gasteiger charge is 2.18. The maximum Gasteiger partial charge on any atom is 0.0655 e. The van der Waals surface area contributed by atoms with E-state index in [2.05, 4.69) is 23.2 Å². The monoisotopic (exact) mass is 221 g/mol. The number of H-pyrrole nitrogens is 1. The zero-order chi connectivity index (χ0) is 11.4. The summed E-state index contributed by atoms with van der Waals surface area (Å²) in [5, 5.41) is 7.58. The number of hydrogen-bond donors (Lipinski definition) is 2. The van der Waals surface area contributed by atoms with Crippen LogP contribution in [0.3, 0.4) is 0 Å². The van der Waals surface area contributed by atoms with Crippen LogP contribution in [0, 0.1) is 0 Å². The Hall–Kier alpha value is -0.830. The Bertz CT molecular complexity index is 313. The maximum absolute atomic E-state index is 5.94. The van der Waals surface area contributed by atoms with Gasteiger partial charge in [0.1, 0.15) is 0 Å². The van der Waals surface area contributed by atoms with Gasteiger partial charge in [0.15, 0.2) is 0 Å². The fourth-order valence-corrected chi connectivity index (χ4v) is 2.52. The van der Waals surface area contributed by atoms with Gasteiger partial charge in [-0.1, -0.05) is 26.2 Å². The van der Waals surface area contributed by atoms with Crippen molar-refractivity contribution >= 4 is 0 Å². The van der Waals surface area contributed by atoms with Gasteiger partial charge in [0.25, 0.3) is 0 Å². The number of nitrogens with zero attached hydrogens (tertiary/aromatic N) is 1. The lowest BCUT2D eigenvalue weighted by Gasteiger charge is -2.19. The van der Waals surface area contributed by atoms with Crippen molar-refractivity contribution in [3.63, 3.8) is 0 Å². The number of aromatic nitrogens is 2. The Balaban J connectivity index is 1.95. The standard InChI is InChI=1S/C13H23N3/c1-2-11(14)8-12-9-13(16-15-12)10-6-4-3-5-7-10/h9-11H,2-8,14H2,1H3,(H,15,16). The maximum atomic E-state index is 5.94. The number of aromatic amines is 1. The van der Waals surface area contributed by atoms with Gasteiger partial charge in [0, 0.05) is 24.1 Å². The first kappa shape index (κ1) is 11.6.